The molecule has 0 aliphatic heterocycles. The minimum absolute atomic E-state index is 0.272. The summed E-state index contributed by atoms with van der Waals surface area (Å²) in [5.41, 5.74) is 1.27. The SMILES string of the molecule is Cc1ccccc1C[C@@H](NC(=O)O)C(=O)OC(C)(C)C. The van der Waals surface area contributed by atoms with Crippen LogP contribution in [0.2, 0.25) is 0 Å². The molecule has 0 aromatic heterocycles. The Labute approximate surface area is 118 Å². The third kappa shape index (κ3) is 5.30. The van der Waals surface area contributed by atoms with Crippen molar-refractivity contribution >= 4 is 12.1 Å². The summed E-state index contributed by atoms with van der Waals surface area (Å²) >= 11 is 0. The van der Waals surface area contributed by atoms with Gasteiger partial charge in [-0.25, -0.2) is 9.59 Å². The van der Waals surface area contributed by atoms with Gasteiger partial charge in [-0.2, -0.15) is 0 Å². The Morgan fingerprint density at radius 2 is 1.90 bits per heavy atom. The van der Waals surface area contributed by atoms with Crippen LogP contribution in [0.4, 0.5) is 4.79 Å². The van der Waals surface area contributed by atoms with Gasteiger partial charge in [0.05, 0.1) is 0 Å². The first-order chi connectivity index (χ1) is 9.19. The van der Waals surface area contributed by atoms with E-state index in [4.69, 9.17) is 9.84 Å². The van der Waals surface area contributed by atoms with E-state index < -0.39 is 23.7 Å². The van der Waals surface area contributed by atoms with Gasteiger partial charge in [-0.15, -0.1) is 0 Å². The van der Waals surface area contributed by atoms with Crippen LogP contribution in [-0.4, -0.2) is 28.8 Å². The first kappa shape index (κ1) is 16.0. The van der Waals surface area contributed by atoms with Crippen LogP contribution in [-0.2, 0) is 16.0 Å². The standard InChI is InChI=1S/C15H21NO4/c1-10-7-5-6-8-11(10)9-12(16-14(18)19)13(17)20-15(2,3)4/h5-8,12,16H,9H2,1-4H3,(H,18,19)/t12-/m1/s1. The summed E-state index contributed by atoms with van der Waals surface area (Å²) in [6.07, 6.45) is -0.970. The Morgan fingerprint density at radius 3 is 2.40 bits per heavy atom. The number of benzene rings is 1. The zero-order chi connectivity index (χ0) is 15.3. The van der Waals surface area contributed by atoms with Gasteiger partial charge in [0, 0.05) is 6.42 Å². The van der Waals surface area contributed by atoms with Crippen LogP contribution in [0.1, 0.15) is 31.9 Å². The Kier molecular flexibility index (Phi) is 5.13. The highest BCUT2D eigenvalue weighted by Crippen LogP contribution is 2.14. The molecule has 5 nitrogen and oxygen atoms in total. The Bertz CT molecular complexity index is 491. The van der Waals surface area contributed by atoms with E-state index in [0.29, 0.717) is 0 Å². The molecular weight excluding hydrogens is 258 g/mol. The molecule has 0 fully saturated rings. The van der Waals surface area contributed by atoms with Crippen molar-refractivity contribution < 1.29 is 19.4 Å². The summed E-state index contributed by atoms with van der Waals surface area (Å²) in [6, 6.07) is 6.63. The number of nitrogens with one attached hydrogen (secondary N) is 1. The number of esters is 1. The van der Waals surface area contributed by atoms with E-state index >= 15 is 0 Å². The molecule has 0 bridgehead atoms. The van der Waals surface area contributed by atoms with Crippen molar-refractivity contribution in [2.24, 2.45) is 0 Å². The summed E-state index contributed by atoms with van der Waals surface area (Å²) in [7, 11) is 0. The van der Waals surface area contributed by atoms with Gasteiger partial charge in [-0.05, 0) is 38.8 Å². The van der Waals surface area contributed by atoms with Crippen LogP contribution in [0.15, 0.2) is 24.3 Å². The monoisotopic (exact) mass is 279 g/mol. The molecule has 0 saturated heterocycles. The molecule has 0 aliphatic rings. The molecule has 0 spiro atoms. The maximum atomic E-state index is 12.1. The van der Waals surface area contributed by atoms with Crippen LogP contribution in [0, 0.1) is 6.92 Å². The molecule has 2 N–H and O–H groups in total. The molecule has 0 heterocycles. The van der Waals surface area contributed by atoms with E-state index in [0.717, 1.165) is 11.1 Å². The molecule has 20 heavy (non-hydrogen) atoms. The fraction of sp³-hybridized carbons (Fsp3) is 0.467. The quantitative estimate of drug-likeness (QED) is 0.830. The van der Waals surface area contributed by atoms with Gasteiger partial charge in [-0.1, -0.05) is 24.3 Å². The molecule has 1 rings (SSSR count). The lowest BCUT2D eigenvalue weighted by atomic mass is 10.0. The number of carboxylic acid groups (broad SMARTS) is 1. The average Bonchev–Trinajstić information content (AvgIpc) is 2.28. The highest BCUT2D eigenvalue weighted by atomic mass is 16.6. The first-order valence-electron chi connectivity index (χ1n) is 6.46. The molecule has 1 amide bonds. The van der Waals surface area contributed by atoms with Crippen molar-refractivity contribution in [3.8, 4) is 0 Å². The van der Waals surface area contributed by atoms with Crippen molar-refractivity contribution in [3.05, 3.63) is 35.4 Å². The Balaban J connectivity index is 2.87. The first-order valence-corrected chi connectivity index (χ1v) is 6.46. The Morgan fingerprint density at radius 1 is 1.30 bits per heavy atom. The number of amides is 1. The highest BCUT2D eigenvalue weighted by Gasteiger charge is 2.27. The van der Waals surface area contributed by atoms with E-state index in [1.807, 2.05) is 31.2 Å². The third-order valence-electron chi connectivity index (χ3n) is 2.67. The minimum atomic E-state index is -1.24. The molecule has 1 aromatic rings. The average molecular weight is 279 g/mol. The fourth-order valence-electron chi connectivity index (χ4n) is 1.77. The molecule has 110 valence electrons. The van der Waals surface area contributed by atoms with Crippen molar-refractivity contribution in [3.63, 3.8) is 0 Å². The van der Waals surface area contributed by atoms with Crippen LogP contribution >= 0.6 is 0 Å². The number of hydrogen-bond acceptors (Lipinski definition) is 3. The predicted octanol–water partition coefficient (Wildman–Crippen LogP) is 2.52. The smallest absolute Gasteiger partial charge is 0.405 e. The lowest BCUT2D eigenvalue weighted by Gasteiger charge is -2.24. The number of hydrogen-bond donors (Lipinski definition) is 2. The van der Waals surface area contributed by atoms with Crippen LogP contribution in [0.3, 0.4) is 0 Å². The summed E-state index contributed by atoms with van der Waals surface area (Å²) in [5.74, 6) is -0.567. The topological polar surface area (TPSA) is 75.6 Å². The molecule has 0 aliphatic carbocycles. The normalized spacial score (nSPS) is 12.6. The molecule has 5 heteroatoms. The number of carbonyl (C=O) groups excluding carboxylic acids is 1. The van der Waals surface area contributed by atoms with E-state index in [1.54, 1.807) is 20.8 Å². The van der Waals surface area contributed by atoms with Crippen LogP contribution < -0.4 is 5.32 Å². The Hall–Kier alpha value is -2.04. The van der Waals surface area contributed by atoms with Crippen molar-refractivity contribution in [2.45, 2.75) is 45.8 Å². The van der Waals surface area contributed by atoms with Gasteiger partial charge in [0.2, 0.25) is 0 Å². The molecule has 0 unspecified atom stereocenters. The van der Waals surface area contributed by atoms with Crippen molar-refractivity contribution in [2.75, 3.05) is 0 Å². The second kappa shape index (κ2) is 6.41. The lowest BCUT2D eigenvalue weighted by molar-refractivity contribution is -0.157. The number of ether oxygens (including phenoxy) is 1. The maximum absolute atomic E-state index is 12.1. The highest BCUT2D eigenvalue weighted by molar-refractivity contribution is 5.81. The number of rotatable bonds is 4. The second-order valence-corrected chi connectivity index (χ2v) is 5.67. The maximum Gasteiger partial charge on any atom is 0.405 e. The summed E-state index contributed by atoms with van der Waals surface area (Å²) in [6.45, 7) is 7.16. The molecule has 1 atom stereocenters. The van der Waals surface area contributed by atoms with Crippen molar-refractivity contribution in [1.29, 1.82) is 0 Å². The number of carbonyl (C=O) groups is 2. The van der Waals surface area contributed by atoms with Gasteiger partial charge in [0.1, 0.15) is 11.6 Å². The van der Waals surface area contributed by atoms with E-state index in [2.05, 4.69) is 5.32 Å². The van der Waals surface area contributed by atoms with Gasteiger partial charge in [0.25, 0.3) is 0 Å². The predicted molar refractivity (Wildman–Crippen MR) is 75.7 cm³/mol. The molecule has 1 aromatic carbocycles. The van der Waals surface area contributed by atoms with Gasteiger partial charge in [0.15, 0.2) is 0 Å². The molecule has 0 saturated carbocycles. The summed E-state index contributed by atoms with van der Waals surface area (Å²) in [4.78, 5) is 22.9. The fourth-order valence-corrected chi connectivity index (χ4v) is 1.77. The minimum Gasteiger partial charge on any atom is -0.465 e. The third-order valence-corrected chi connectivity index (χ3v) is 2.67. The molecule has 0 radical (unpaired) electrons. The summed E-state index contributed by atoms with van der Waals surface area (Å²) < 4.78 is 5.25. The molecular formula is C15H21NO4. The van der Waals surface area contributed by atoms with E-state index in [1.165, 1.54) is 0 Å². The van der Waals surface area contributed by atoms with Crippen LogP contribution in [0.25, 0.3) is 0 Å². The van der Waals surface area contributed by atoms with Crippen LogP contribution in [0.5, 0.6) is 0 Å². The number of aryl methyl sites for hydroxylation is 1. The van der Waals surface area contributed by atoms with Gasteiger partial charge in [-0.3, -0.25) is 0 Å². The zero-order valence-corrected chi connectivity index (χ0v) is 12.3. The van der Waals surface area contributed by atoms with E-state index in [-0.39, 0.29) is 6.42 Å². The zero-order valence-electron chi connectivity index (χ0n) is 12.3. The van der Waals surface area contributed by atoms with Gasteiger partial charge >= 0.3 is 12.1 Å². The second-order valence-electron chi connectivity index (χ2n) is 5.67. The van der Waals surface area contributed by atoms with Crippen molar-refractivity contribution in [1.82, 2.24) is 5.32 Å². The largest absolute Gasteiger partial charge is 0.465 e. The van der Waals surface area contributed by atoms with E-state index in [9.17, 15) is 9.59 Å². The van der Waals surface area contributed by atoms with Gasteiger partial charge < -0.3 is 15.2 Å². The lowest BCUT2D eigenvalue weighted by Crippen LogP contribution is -2.45. The summed E-state index contributed by atoms with van der Waals surface area (Å²) in [5, 5.41) is 11.1.